The first kappa shape index (κ1) is 13.5. The monoisotopic (exact) mass is 266 g/mol. The summed E-state index contributed by atoms with van der Waals surface area (Å²) >= 11 is 0. The van der Waals surface area contributed by atoms with Crippen LogP contribution in [0.5, 0.6) is 5.75 Å². The molecule has 0 aliphatic heterocycles. The van der Waals surface area contributed by atoms with E-state index < -0.39 is 6.61 Å². The van der Waals surface area contributed by atoms with E-state index in [1.165, 1.54) is 5.69 Å². The van der Waals surface area contributed by atoms with E-state index in [1.54, 1.807) is 24.3 Å². The lowest BCUT2D eigenvalue weighted by molar-refractivity contribution is -0.0498. The Hall–Kier alpha value is -1.88. The van der Waals surface area contributed by atoms with Gasteiger partial charge in [0, 0.05) is 32.0 Å². The molecule has 0 spiro atoms. The summed E-state index contributed by atoms with van der Waals surface area (Å²) in [6, 6.07) is 10.7. The molecule has 0 radical (unpaired) electrons. The number of aromatic nitrogens is 1. The van der Waals surface area contributed by atoms with Crippen molar-refractivity contribution in [2.45, 2.75) is 19.7 Å². The molecule has 1 aromatic carbocycles. The van der Waals surface area contributed by atoms with Crippen LogP contribution >= 0.6 is 0 Å². The molecule has 0 aliphatic rings. The van der Waals surface area contributed by atoms with E-state index >= 15 is 0 Å². The van der Waals surface area contributed by atoms with Gasteiger partial charge in [0.2, 0.25) is 0 Å². The van der Waals surface area contributed by atoms with Gasteiger partial charge in [-0.3, -0.25) is 0 Å². The van der Waals surface area contributed by atoms with E-state index in [9.17, 15) is 8.78 Å². The van der Waals surface area contributed by atoms with Crippen molar-refractivity contribution in [3.63, 3.8) is 0 Å². The fraction of sp³-hybridized carbons (Fsp3) is 0.286. The molecule has 2 aromatic rings. The zero-order valence-corrected chi connectivity index (χ0v) is 10.6. The number of nitrogens with one attached hydrogen (secondary N) is 1. The van der Waals surface area contributed by atoms with Gasteiger partial charge in [0.1, 0.15) is 5.75 Å². The Balaban J connectivity index is 1.81. The van der Waals surface area contributed by atoms with Gasteiger partial charge in [-0.2, -0.15) is 8.78 Å². The molecule has 1 heterocycles. The van der Waals surface area contributed by atoms with Crippen LogP contribution in [0.4, 0.5) is 8.78 Å². The van der Waals surface area contributed by atoms with Crippen molar-refractivity contribution < 1.29 is 13.5 Å². The predicted octanol–water partition coefficient (Wildman–Crippen LogP) is 2.92. The number of hydrogen-bond donors (Lipinski definition) is 1. The molecule has 0 saturated heterocycles. The summed E-state index contributed by atoms with van der Waals surface area (Å²) < 4.78 is 30.3. The van der Waals surface area contributed by atoms with Crippen LogP contribution < -0.4 is 10.1 Å². The standard InChI is InChI=1S/C14H16F2N2O/c1-18-8-2-3-12(18)10-17-9-11-4-6-13(7-5-11)19-14(15)16/h2-8,14,17H,9-10H2,1H3. The topological polar surface area (TPSA) is 26.2 Å². The molecule has 2 rings (SSSR count). The lowest BCUT2D eigenvalue weighted by Gasteiger charge is -2.08. The summed E-state index contributed by atoms with van der Waals surface area (Å²) in [7, 11) is 1.99. The Morgan fingerprint density at radius 2 is 1.89 bits per heavy atom. The van der Waals surface area contributed by atoms with Gasteiger partial charge in [-0.1, -0.05) is 12.1 Å². The Morgan fingerprint density at radius 3 is 2.47 bits per heavy atom. The number of nitrogens with zero attached hydrogens (tertiary/aromatic N) is 1. The van der Waals surface area contributed by atoms with Crippen LogP contribution in [0.15, 0.2) is 42.6 Å². The number of rotatable bonds is 6. The van der Waals surface area contributed by atoms with Crippen molar-refractivity contribution in [1.29, 1.82) is 0 Å². The molecular formula is C14H16F2N2O. The van der Waals surface area contributed by atoms with E-state index in [1.807, 2.05) is 29.9 Å². The number of ether oxygens (including phenoxy) is 1. The summed E-state index contributed by atoms with van der Waals surface area (Å²) in [4.78, 5) is 0. The maximum Gasteiger partial charge on any atom is 0.387 e. The Labute approximate surface area is 110 Å². The van der Waals surface area contributed by atoms with E-state index in [0.29, 0.717) is 6.54 Å². The average Bonchev–Trinajstić information content (AvgIpc) is 2.77. The van der Waals surface area contributed by atoms with Gasteiger partial charge in [-0.25, -0.2) is 0 Å². The van der Waals surface area contributed by atoms with Crippen molar-refractivity contribution in [2.24, 2.45) is 7.05 Å². The molecule has 0 saturated carbocycles. The summed E-state index contributed by atoms with van der Waals surface area (Å²) in [6.45, 7) is -1.33. The maximum absolute atomic E-state index is 12.0. The van der Waals surface area contributed by atoms with Crippen LogP contribution in [0.2, 0.25) is 0 Å². The fourth-order valence-corrected chi connectivity index (χ4v) is 1.80. The lowest BCUT2D eigenvalue weighted by atomic mass is 10.2. The van der Waals surface area contributed by atoms with Gasteiger partial charge >= 0.3 is 6.61 Å². The molecule has 0 bridgehead atoms. The minimum atomic E-state index is -2.78. The molecule has 0 unspecified atom stereocenters. The van der Waals surface area contributed by atoms with Crippen LogP contribution in [-0.2, 0) is 20.1 Å². The number of aryl methyl sites for hydroxylation is 1. The van der Waals surface area contributed by atoms with Gasteiger partial charge in [-0.05, 0) is 29.8 Å². The smallest absolute Gasteiger partial charge is 0.387 e. The zero-order chi connectivity index (χ0) is 13.7. The van der Waals surface area contributed by atoms with Gasteiger partial charge in [0.25, 0.3) is 0 Å². The number of alkyl halides is 2. The molecule has 102 valence electrons. The fourth-order valence-electron chi connectivity index (χ4n) is 1.80. The third kappa shape index (κ3) is 4.06. The maximum atomic E-state index is 12.0. The van der Waals surface area contributed by atoms with E-state index in [0.717, 1.165) is 12.1 Å². The molecule has 0 atom stereocenters. The SMILES string of the molecule is Cn1cccc1CNCc1ccc(OC(F)F)cc1. The Kier molecular flexibility index (Phi) is 4.52. The molecule has 0 aliphatic carbocycles. The van der Waals surface area contributed by atoms with Gasteiger partial charge in [0.15, 0.2) is 0 Å². The Bertz CT molecular complexity index is 508. The van der Waals surface area contributed by atoms with Crippen molar-refractivity contribution in [2.75, 3.05) is 0 Å². The highest BCUT2D eigenvalue weighted by Gasteiger charge is 2.03. The number of hydrogen-bond acceptors (Lipinski definition) is 2. The normalized spacial score (nSPS) is 10.9. The summed E-state index contributed by atoms with van der Waals surface area (Å²) in [5.41, 5.74) is 2.22. The molecule has 0 amide bonds. The Morgan fingerprint density at radius 1 is 1.16 bits per heavy atom. The minimum absolute atomic E-state index is 0.182. The first-order chi connectivity index (χ1) is 9.15. The minimum Gasteiger partial charge on any atom is -0.435 e. The van der Waals surface area contributed by atoms with Crippen LogP contribution in [0, 0.1) is 0 Å². The third-order valence-electron chi connectivity index (χ3n) is 2.84. The van der Waals surface area contributed by atoms with Gasteiger partial charge in [-0.15, -0.1) is 0 Å². The van der Waals surface area contributed by atoms with Crippen molar-refractivity contribution in [3.05, 3.63) is 53.9 Å². The summed E-state index contributed by atoms with van der Waals surface area (Å²) in [5, 5.41) is 3.30. The van der Waals surface area contributed by atoms with E-state index in [-0.39, 0.29) is 5.75 Å². The summed E-state index contributed by atoms with van der Waals surface area (Å²) in [5.74, 6) is 0.182. The van der Waals surface area contributed by atoms with Crippen LogP contribution in [0.3, 0.4) is 0 Å². The van der Waals surface area contributed by atoms with E-state index in [2.05, 4.69) is 10.1 Å². The first-order valence-electron chi connectivity index (χ1n) is 6.00. The highest BCUT2D eigenvalue weighted by molar-refractivity contribution is 5.27. The van der Waals surface area contributed by atoms with Crippen molar-refractivity contribution in [1.82, 2.24) is 9.88 Å². The van der Waals surface area contributed by atoms with E-state index in [4.69, 9.17) is 0 Å². The zero-order valence-electron chi connectivity index (χ0n) is 10.6. The molecule has 19 heavy (non-hydrogen) atoms. The second-order valence-corrected chi connectivity index (χ2v) is 4.24. The predicted molar refractivity (Wildman–Crippen MR) is 69.0 cm³/mol. The van der Waals surface area contributed by atoms with Crippen LogP contribution in [0.25, 0.3) is 0 Å². The van der Waals surface area contributed by atoms with Gasteiger partial charge < -0.3 is 14.6 Å². The second-order valence-electron chi connectivity index (χ2n) is 4.24. The average molecular weight is 266 g/mol. The van der Waals surface area contributed by atoms with Crippen LogP contribution in [0.1, 0.15) is 11.3 Å². The molecule has 0 fully saturated rings. The summed E-state index contributed by atoms with van der Waals surface area (Å²) in [6.07, 6.45) is 1.99. The largest absolute Gasteiger partial charge is 0.435 e. The van der Waals surface area contributed by atoms with Crippen molar-refractivity contribution in [3.8, 4) is 5.75 Å². The first-order valence-corrected chi connectivity index (χ1v) is 6.00. The molecule has 1 aromatic heterocycles. The highest BCUT2D eigenvalue weighted by atomic mass is 19.3. The number of benzene rings is 1. The number of halogens is 2. The van der Waals surface area contributed by atoms with Crippen molar-refractivity contribution >= 4 is 0 Å². The molecular weight excluding hydrogens is 250 g/mol. The lowest BCUT2D eigenvalue weighted by Crippen LogP contribution is -2.14. The van der Waals surface area contributed by atoms with Gasteiger partial charge in [0.05, 0.1) is 0 Å². The second kappa shape index (κ2) is 6.33. The quantitative estimate of drug-likeness (QED) is 0.870. The third-order valence-corrected chi connectivity index (χ3v) is 2.84. The molecule has 1 N–H and O–H groups in total. The molecule has 3 nitrogen and oxygen atoms in total. The van der Waals surface area contributed by atoms with Crippen LogP contribution in [-0.4, -0.2) is 11.2 Å². The highest BCUT2D eigenvalue weighted by Crippen LogP contribution is 2.14. The molecule has 5 heteroatoms.